The molecule has 0 bridgehead atoms. The van der Waals surface area contributed by atoms with Crippen molar-refractivity contribution in [2.45, 2.75) is 37.3 Å². The summed E-state index contributed by atoms with van der Waals surface area (Å²) in [6.07, 6.45) is 3.32. The Morgan fingerprint density at radius 3 is 2.14 bits per heavy atom. The zero-order valence-electron chi connectivity index (χ0n) is 19.7. The average Bonchev–Trinajstić information content (AvgIpc) is 3.35. The molecule has 35 heavy (non-hydrogen) atoms. The summed E-state index contributed by atoms with van der Waals surface area (Å²) >= 11 is 0. The molecule has 2 aliphatic heterocycles. The lowest BCUT2D eigenvalue weighted by Gasteiger charge is -2.50. The fraction of sp³-hybridized carbons (Fsp3) is 0.226. The second-order valence-corrected chi connectivity index (χ2v) is 9.80. The standard InChI is InChI=1S/C31H28N4/c1-3-11-22(12-4-1)21-28-29(23-13-5-2-6-14-23)31(35-32-26-18-7-8-19-27(26)33-35)25-17-9-15-24-16-10-20-34(28)30(24)25/h1-9,11-15,17-19,28-29,31H,10,16,20-21H2/t28-,29-,31-/m0/s1. The van der Waals surface area contributed by atoms with Gasteiger partial charge in [-0.3, -0.25) is 0 Å². The Morgan fingerprint density at radius 2 is 1.40 bits per heavy atom. The molecule has 0 N–H and O–H groups in total. The molecule has 172 valence electrons. The van der Waals surface area contributed by atoms with Gasteiger partial charge in [0.1, 0.15) is 17.1 Å². The monoisotopic (exact) mass is 456 g/mol. The molecule has 5 aromatic rings. The van der Waals surface area contributed by atoms with Gasteiger partial charge >= 0.3 is 0 Å². The summed E-state index contributed by atoms with van der Waals surface area (Å²) in [5.74, 6) is 0.221. The molecule has 0 fully saturated rings. The SMILES string of the molecule is c1ccc(C[C@H]2[C@H](c3ccccc3)[C@@H](n3nc4ccccc4n3)c3cccc4c3N2CCC4)cc1. The third-order valence-electron chi connectivity index (χ3n) is 7.78. The predicted octanol–water partition coefficient (Wildman–Crippen LogP) is 6.18. The molecule has 0 saturated carbocycles. The van der Waals surface area contributed by atoms with Gasteiger partial charge in [0.05, 0.1) is 0 Å². The molecule has 1 aromatic heterocycles. The van der Waals surface area contributed by atoms with Gasteiger partial charge in [0, 0.05) is 29.8 Å². The van der Waals surface area contributed by atoms with E-state index < -0.39 is 0 Å². The average molecular weight is 457 g/mol. The smallest absolute Gasteiger partial charge is 0.113 e. The van der Waals surface area contributed by atoms with Crippen LogP contribution in [0.2, 0.25) is 0 Å². The lowest BCUT2D eigenvalue weighted by atomic mass is 9.73. The van der Waals surface area contributed by atoms with E-state index >= 15 is 0 Å². The molecule has 3 atom stereocenters. The van der Waals surface area contributed by atoms with Gasteiger partial charge in [-0.05, 0) is 48.1 Å². The Bertz CT molecular complexity index is 1440. The number of nitrogens with zero attached hydrogens (tertiary/aromatic N) is 4. The highest BCUT2D eigenvalue weighted by molar-refractivity contribution is 5.73. The second-order valence-electron chi connectivity index (χ2n) is 9.80. The van der Waals surface area contributed by atoms with Crippen LogP contribution in [0, 0.1) is 0 Å². The molecule has 2 aliphatic rings. The van der Waals surface area contributed by atoms with Crippen molar-refractivity contribution >= 4 is 16.7 Å². The first-order chi connectivity index (χ1) is 17.4. The fourth-order valence-electron chi connectivity index (χ4n) is 6.32. The maximum absolute atomic E-state index is 5.04. The molecule has 0 saturated heterocycles. The number of hydrogen-bond acceptors (Lipinski definition) is 3. The molecular weight excluding hydrogens is 428 g/mol. The summed E-state index contributed by atoms with van der Waals surface area (Å²) < 4.78 is 0. The Morgan fingerprint density at radius 1 is 0.714 bits per heavy atom. The van der Waals surface area contributed by atoms with Crippen LogP contribution in [0.5, 0.6) is 0 Å². The predicted molar refractivity (Wildman–Crippen MR) is 141 cm³/mol. The van der Waals surface area contributed by atoms with Gasteiger partial charge in [-0.25, -0.2) is 0 Å². The van der Waals surface area contributed by atoms with Crippen molar-refractivity contribution in [3.63, 3.8) is 0 Å². The summed E-state index contributed by atoms with van der Waals surface area (Å²) in [4.78, 5) is 4.72. The maximum Gasteiger partial charge on any atom is 0.113 e. The van der Waals surface area contributed by atoms with Crippen LogP contribution in [0.25, 0.3) is 11.0 Å². The second kappa shape index (κ2) is 8.38. The van der Waals surface area contributed by atoms with Gasteiger partial charge in [-0.2, -0.15) is 15.0 Å². The van der Waals surface area contributed by atoms with E-state index in [1.165, 1.54) is 34.4 Å². The van der Waals surface area contributed by atoms with Crippen LogP contribution < -0.4 is 4.90 Å². The largest absolute Gasteiger partial charge is 0.367 e. The van der Waals surface area contributed by atoms with E-state index in [0.717, 1.165) is 30.4 Å². The Hall–Kier alpha value is -3.92. The van der Waals surface area contributed by atoms with Crippen LogP contribution >= 0.6 is 0 Å². The third kappa shape index (κ3) is 3.44. The molecule has 4 aromatic carbocycles. The highest BCUT2D eigenvalue weighted by Gasteiger charge is 2.45. The van der Waals surface area contributed by atoms with Crippen molar-refractivity contribution in [1.29, 1.82) is 0 Å². The highest BCUT2D eigenvalue weighted by Crippen LogP contribution is 2.51. The van der Waals surface area contributed by atoms with E-state index in [1.807, 2.05) is 16.9 Å². The molecule has 7 rings (SSSR count). The van der Waals surface area contributed by atoms with E-state index in [-0.39, 0.29) is 12.0 Å². The number of aromatic nitrogens is 3. The summed E-state index contributed by atoms with van der Waals surface area (Å²) in [5.41, 5.74) is 8.85. The third-order valence-corrected chi connectivity index (χ3v) is 7.78. The molecule has 3 heterocycles. The van der Waals surface area contributed by atoms with Crippen LogP contribution in [0.15, 0.2) is 103 Å². The van der Waals surface area contributed by atoms with Crippen LogP contribution in [0.4, 0.5) is 5.69 Å². The molecule has 4 heteroatoms. The minimum absolute atomic E-state index is 0.0304. The molecule has 0 unspecified atom stereocenters. The first kappa shape index (κ1) is 20.5. The van der Waals surface area contributed by atoms with Crippen molar-refractivity contribution in [3.05, 3.63) is 125 Å². The first-order valence-corrected chi connectivity index (χ1v) is 12.7. The van der Waals surface area contributed by atoms with Crippen molar-refractivity contribution in [2.75, 3.05) is 11.4 Å². The van der Waals surface area contributed by atoms with Crippen molar-refractivity contribution < 1.29 is 0 Å². The minimum atomic E-state index is 0.0304. The van der Waals surface area contributed by atoms with Crippen molar-refractivity contribution in [2.24, 2.45) is 0 Å². The number of benzene rings is 4. The number of para-hydroxylation sites is 1. The number of rotatable bonds is 4. The summed E-state index contributed by atoms with van der Waals surface area (Å²) in [6.45, 7) is 1.09. The molecule has 0 amide bonds. The fourth-order valence-corrected chi connectivity index (χ4v) is 6.32. The van der Waals surface area contributed by atoms with Crippen LogP contribution in [-0.4, -0.2) is 27.6 Å². The number of anilines is 1. The van der Waals surface area contributed by atoms with E-state index in [1.54, 1.807) is 0 Å². The van der Waals surface area contributed by atoms with Crippen LogP contribution in [0.1, 0.15) is 40.6 Å². The van der Waals surface area contributed by atoms with Gasteiger partial charge in [0.2, 0.25) is 0 Å². The minimum Gasteiger partial charge on any atom is -0.367 e. The van der Waals surface area contributed by atoms with Gasteiger partial charge in [0.15, 0.2) is 0 Å². The van der Waals surface area contributed by atoms with E-state index in [4.69, 9.17) is 10.2 Å². The van der Waals surface area contributed by atoms with Gasteiger partial charge in [-0.1, -0.05) is 91.0 Å². The van der Waals surface area contributed by atoms with Crippen LogP contribution in [0.3, 0.4) is 0 Å². The van der Waals surface area contributed by atoms with Gasteiger partial charge < -0.3 is 4.90 Å². The Kier molecular flexibility index (Phi) is 4.90. The Labute approximate surface area is 205 Å². The molecular formula is C31H28N4. The van der Waals surface area contributed by atoms with Gasteiger partial charge in [0.25, 0.3) is 0 Å². The first-order valence-electron chi connectivity index (χ1n) is 12.7. The molecule has 0 spiro atoms. The maximum atomic E-state index is 5.04. The number of hydrogen-bond donors (Lipinski definition) is 0. The number of aryl methyl sites for hydroxylation is 1. The zero-order valence-corrected chi connectivity index (χ0v) is 19.7. The van der Waals surface area contributed by atoms with E-state index in [0.29, 0.717) is 6.04 Å². The molecule has 4 nitrogen and oxygen atoms in total. The lowest BCUT2D eigenvalue weighted by Crippen LogP contribution is -2.51. The normalized spacial score (nSPS) is 21.1. The van der Waals surface area contributed by atoms with Crippen LogP contribution in [-0.2, 0) is 12.8 Å². The Balaban J connectivity index is 1.48. The highest BCUT2D eigenvalue weighted by atomic mass is 15.5. The molecule has 0 aliphatic carbocycles. The lowest BCUT2D eigenvalue weighted by molar-refractivity contribution is 0.318. The van der Waals surface area contributed by atoms with Gasteiger partial charge in [-0.15, -0.1) is 0 Å². The van der Waals surface area contributed by atoms with Crippen molar-refractivity contribution in [1.82, 2.24) is 15.0 Å². The summed E-state index contributed by atoms with van der Waals surface area (Å²) in [6, 6.07) is 37.4. The zero-order chi connectivity index (χ0) is 23.2. The van der Waals surface area contributed by atoms with E-state index in [9.17, 15) is 0 Å². The van der Waals surface area contributed by atoms with E-state index in [2.05, 4.69) is 95.9 Å². The summed E-state index contributed by atoms with van der Waals surface area (Å²) in [7, 11) is 0. The summed E-state index contributed by atoms with van der Waals surface area (Å²) in [5, 5.41) is 10.1. The quantitative estimate of drug-likeness (QED) is 0.324. The number of fused-ring (bicyclic) bond motifs is 1. The van der Waals surface area contributed by atoms with Crippen molar-refractivity contribution in [3.8, 4) is 0 Å². The molecule has 0 radical (unpaired) electrons. The topological polar surface area (TPSA) is 34.0 Å².